The number of hydrogen-bond acceptors (Lipinski definition) is 3. The van der Waals surface area contributed by atoms with E-state index in [9.17, 15) is 13.6 Å². The van der Waals surface area contributed by atoms with Crippen LogP contribution in [0.15, 0.2) is 46.0 Å². The van der Waals surface area contributed by atoms with Gasteiger partial charge in [-0.15, -0.1) is 0 Å². The first kappa shape index (κ1) is 19.9. The van der Waals surface area contributed by atoms with E-state index in [0.717, 1.165) is 6.07 Å². The van der Waals surface area contributed by atoms with Crippen molar-refractivity contribution >= 4 is 11.9 Å². The van der Waals surface area contributed by atoms with Crippen LogP contribution >= 0.6 is 0 Å². The fourth-order valence-electron chi connectivity index (χ4n) is 3.27. The Balaban J connectivity index is 1.53. The predicted octanol–water partition coefficient (Wildman–Crippen LogP) is 2.69. The zero-order chi connectivity index (χ0) is 20.1. The number of nitrogens with zero attached hydrogens (tertiary/aromatic N) is 3. The lowest BCUT2D eigenvalue weighted by Crippen LogP contribution is -2.54. The smallest absolute Gasteiger partial charge is 0.289 e. The van der Waals surface area contributed by atoms with E-state index in [2.05, 4.69) is 15.2 Å². The standard InChI is InChI=1S/C20H24F2N4O2/c1-14(16-6-5-15(21)12-17(16)22)13-24-20(23-2)26-9-7-25(8-10-26)19(27)18-4-3-11-28-18/h3-6,11-12,14H,7-10,13H2,1-2H3,(H,23,24). The molecule has 3 rings (SSSR count). The van der Waals surface area contributed by atoms with Crippen molar-refractivity contribution in [1.29, 1.82) is 0 Å². The van der Waals surface area contributed by atoms with Gasteiger partial charge in [0.15, 0.2) is 11.7 Å². The Hall–Kier alpha value is -2.90. The van der Waals surface area contributed by atoms with Crippen LogP contribution in [0.4, 0.5) is 8.78 Å². The summed E-state index contributed by atoms with van der Waals surface area (Å²) in [5, 5.41) is 3.24. The topological polar surface area (TPSA) is 61.1 Å². The molecule has 1 aromatic carbocycles. The van der Waals surface area contributed by atoms with Gasteiger partial charge in [-0.3, -0.25) is 9.79 Å². The highest BCUT2D eigenvalue weighted by Crippen LogP contribution is 2.19. The van der Waals surface area contributed by atoms with Gasteiger partial charge in [-0.1, -0.05) is 13.0 Å². The molecule has 0 aliphatic carbocycles. The molecule has 1 fully saturated rings. The maximum atomic E-state index is 13.9. The van der Waals surface area contributed by atoms with Gasteiger partial charge in [0.2, 0.25) is 0 Å². The summed E-state index contributed by atoms with van der Waals surface area (Å²) >= 11 is 0. The Bertz CT molecular complexity index is 831. The van der Waals surface area contributed by atoms with Gasteiger partial charge in [-0.25, -0.2) is 8.78 Å². The first-order valence-electron chi connectivity index (χ1n) is 9.23. The number of carbonyl (C=O) groups excluding carboxylic acids is 1. The van der Waals surface area contributed by atoms with Crippen molar-refractivity contribution in [3.8, 4) is 0 Å². The van der Waals surface area contributed by atoms with Crippen molar-refractivity contribution in [3.05, 3.63) is 59.6 Å². The first-order valence-corrected chi connectivity index (χ1v) is 9.23. The number of benzene rings is 1. The lowest BCUT2D eigenvalue weighted by molar-refractivity contribution is 0.0657. The van der Waals surface area contributed by atoms with Crippen LogP contribution in [-0.2, 0) is 0 Å². The summed E-state index contributed by atoms with van der Waals surface area (Å²) in [5.41, 5.74) is 0.457. The third-order valence-electron chi connectivity index (χ3n) is 4.87. The molecular weight excluding hydrogens is 366 g/mol. The number of hydrogen-bond donors (Lipinski definition) is 1. The van der Waals surface area contributed by atoms with Crippen molar-refractivity contribution in [1.82, 2.24) is 15.1 Å². The highest BCUT2D eigenvalue weighted by atomic mass is 19.1. The van der Waals surface area contributed by atoms with Crippen LogP contribution in [0.5, 0.6) is 0 Å². The van der Waals surface area contributed by atoms with Gasteiger partial charge in [0.25, 0.3) is 5.91 Å². The van der Waals surface area contributed by atoms with Crippen LogP contribution in [0.3, 0.4) is 0 Å². The molecule has 1 aliphatic rings. The summed E-state index contributed by atoms with van der Waals surface area (Å²) in [7, 11) is 1.69. The van der Waals surface area contributed by atoms with E-state index in [4.69, 9.17) is 4.42 Å². The average molecular weight is 390 g/mol. The van der Waals surface area contributed by atoms with Gasteiger partial charge >= 0.3 is 0 Å². The average Bonchev–Trinajstić information content (AvgIpc) is 3.23. The van der Waals surface area contributed by atoms with Crippen molar-refractivity contribution in [2.45, 2.75) is 12.8 Å². The molecule has 0 radical (unpaired) electrons. The Morgan fingerprint density at radius 2 is 1.93 bits per heavy atom. The molecular formula is C20H24F2N4O2. The molecule has 1 aromatic heterocycles. The number of aliphatic imine (C=N–C) groups is 1. The highest BCUT2D eigenvalue weighted by molar-refractivity contribution is 5.91. The summed E-state index contributed by atoms with van der Waals surface area (Å²) in [5.74, 6) is -0.369. The molecule has 0 spiro atoms. The molecule has 28 heavy (non-hydrogen) atoms. The summed E-state index contributed by atoms with van der Waals surface area (Å²) in [4.78, 5) is 20.4. The first-order chi connectivity index (χ1) is 13.5. The molecule has 1 saturated heterocycles. The third kappa shape index (κ3) is 4.49. The summed E-state index contributed by atoms with van der Waals surface area (Å²) in [6, 6.07) is 6.99. The zero-order valence-corrected chi connectivity index (χ0v) is 16.0. The van der Waals surface area contributed by atoms with Gasteiger partial charge < -0.3 is 19.5 Å². The quantitative estimate of drug-likeness (QED) is 0.644. The van der Waals surface area contributed by atoms with Crippen LogP contribution in [0.2, 0.25) is 0 Å². The second kappa shape index (κ2) is 8.86. The van der Waals surface area contributed by atoms with Crippen molar-refractivity contribution in [3.63, 3.8) is 0 Å². The normalized spacial score (nSPS) is 16.2. The molecule has 1 atom stereocenters. The molecule has 150 valence electrons. The molecule has 8 heteroatoms. The number of furan rings is 1. The maximum Gasteiger partial charge on any atom is 0.289 e. The number of guanidine groups is 1. The molecule has 1 unspecified atom stereocenters. The number of halogens is 2. The van der Waals surface area contributed by atoms with Crippen LogP contribution < -0.4 is 5.32 Å². The van der Waals surface area contributed by atoms with E-state index in [1.807, 2.05) is 6.92 Å². The van der Waals surface area contributed by atoms with Crippen molar-refractivity contribution in [2.75, 3.05) is 39.8 Å². The van der Waals surface area contributed by atoms with Crippen molar-refractivity contribution < 1.29 is 18.0 Å². The highest BCUT2D eigenvalue weighted by Gasteiger charge is 2.25. The minimum absolute atomic E-state index is 0.118. The maximum absolute atomic E-state index is 13.9. The Kier molecular flexibility index (Phi) is 6.28. The van der Waals surface area contributed by atoms with Gasteiger partial charge in [0.1, 0.15) is 11.6 Å². The number of piperazine rings is 1. The third-order valence-corrected chi connectivity index (χ3v) is 4.87. The van der Waals surface area contributed by atoms with E-state index in [0.29, 0.717) is 50.0 Å². The van der Waals surface area contributed by atoms with Crippen LogP contribution in [-0.4, -0.2) is 61.4 Å². The number of nitrogens with one attached hydrogen (secondary N) is 1. The molecule has 1 N–H and O–H groups in total. The van der Waals surface area contributed by atoms with Gasteiger partial charge in [-0.05, 0) is 23.8 Å². The molecule has 1 aliphatic heterocycles. The van der Waals surface area contributed by atoms with Gasteiger partial charge in [-0.2, -0.15) is 0 Å². The Morgan fingerprint density at radius 3 is 2.54 bits per heavy atom. The van der Waals surface area contributed by atoms with E-state index in [-0.39, 0.29) is 11.8 Å². The summed E-state index contributed by atoms with van der Waals surface area (Å²) in [6.07, 6.45) is 1.49. The number of amides is 1. The van der Waals surface area contributed by atoms with Crippen LogP contribution in [0.25, 0.3) is 0 Å². The van der Waals surface area contributed by atoms with Crippen LogP contribution in [0, 0.1) is 11.6 Å². The monoisotopic (exact) mass is 390 g/mol. The zero-order valence-electron chi connectivity index (χ0n) is 16.0. The Labute approximate surface area is 162 Å². The van der Waals surface area contributed by atoms with E-state index in [1.165, 1.54) is 18.4 Å². The Morgan fingerprint density at radius 1 is 1.21 bits per heavy atom. The lowest BCUT2D eigenvalue weighted by Gasteiger charge is -2.36. The van der Waals surface area contributed by atoms with Gasteiger partial charge in [0.05, 0.1) is 6.26 Å². The molecule has 1 amide bonds. The second-order valence-electron chi connectivity index (χ2n) is 6.75. The van der Waals surface area contributed by atoms with Gasteiger partial charge in [0, 0.05) is 51.8 Å². The fourth-order valence-corrected chi connectivity index (χ4v) is 3.27. The minimum Gasteiger partial charge on any atom is -0.459 e. The molecule has 2 aromatic rings. The van der Waals surface area contributed by atoms with E-state index >= 15 is 0 Å². The lowest BCUT2D eigenvalue weighted by atomic mass is 10.0. The fraction of sp³-hybridized carbons (Fsp3) is 0.400. The number of rotatable bonds is 4. The molecule has 2 heterocycles. The molecule has 6 nitrogen and oxygen atoms in total. The predicted molar refractivity (Wildman–Crippen MR) is 102 cm³/mol. The number of carbonyl (C=O) groups is 1. The summed E-state index contributed by atoms with van der Waals surface area (Å²) in [6.45, 7) is 4.71. The largest absolute Gasteiger partial charge is 0.459 e. The van der Waals surface area contributed by atoms with Crippen molar-refractivity contribution in [2.24, 2.45) is 4.99 Å². The van der Waals surface area contributed by atoms with E-state index < -0.39 is 11.6 Å². The van der Waals surface area contributed by atoms with E-state index in [1.54, 1.807) is 24.1 Å². The second-order valence-corrected chi connectivity index (χ2v) is 6.75. The molecule has 0 bridgehead atoms. The SMILES string of the molecule is CN=C(NCC(C)c1ccc(F)cc1F)N1CCN(C(=O)c2ccco2)CC1. The summed E-state index contributed by atoms with van der Waals surface area (Å²) < 4.78 is 32.2. The molecule has 0 saturated carbocycles. The minimum atomic E-state index is -0.584. The van der Waals surface area contributed by atoms with Crippen LogP contribution in [0.1, 0.15) is 29.0 Å².